The lowest BCUT2D eigenvalue weighted by Gasteiger charge is -2.09. The van der Waals surface area contributed by atoms with E-state index in [4.69, 9.17) is 10.00 Å². The smallest absolute Gasteiger partial charge is 0.335 e. The van der Waals surface area contributed by atoms with E-state index in [1.54, 1.807) is 30.3 Å². The molecule has 2 heterocycles. The predicted octanol–water partition coefficient (Wildman–Crippen LogP) is 2.52. The Balaban J connectivity index is 1.68. The lowest BCUT2D eigenvalue weighted by Crippen LogP contribution is -2.48. The van der Waals surface area contributed by atoms with E-state index in [9.17, 15) is 9.59 Å². The molecule has 0 aliphatic heterocycles. The molecule has 2 aromatic carbocycles. The summed E-state index contributed by atoms with van der Waals surface area (Å²) in [6.45, 7) is 2.24. The van der Waals surface area contributed by atoms with Crippen LogP contribution in [0.5, 0.6) is 11.6 Å². The number of rotatable bonds is 5. The van der Waals surface area contributed by atoms with Crippen molar-refractivity contribution in [3.05, 3.63) is 110 Å². The maximum Gasteiger partial charge on any atom is 0.335 e. The Hall–Kier alpha value is -4.71. The van der Waals surface area contributed by atoms with E-state index in [-0.39, 0.29) is 12.2 Å². The molecule has 0 saturated carbocycles. The molecule has 33 heavy (non-hydrogen) atoms. The molecule has 4 aromatic rings. The maximum absolute atomic E-state index is 12.8. The van der Waals surface area contributed by atoms with E-state index in [2.05, 4.69) is 15.0 Å². The summed E-state index contributed by atoms with van der Waals surface area (Å²) in [5.41, 5.74) is 2.09. The number of aromatic amines is 1. The molecule has 0 amide bonds. The van der Waals surface area contributed by atoms with Crippen molar-refractivity contribution in [3.8, 4) is 17.7 Å². The molecule has 0 spiro atoms. The average Bonchev–Trinajstić information content (AvgIpc) is 2.83. The fourth-order valence-corrected chi connectivity index (χ4v) is 3.08. The topological polar surface area (TPSA) is 118 Å². The third-order valence-electron chi connectivity index (χ3n) is 4.92. The monoisotopic (exact) mass is 440 g/mol. The summed E-state index contributed by atoms with van der Waals surface area (Å²) in [5, 5.41) is 8.99. The zero-order valence-electron chi connectivity index (χ0n) is 18.0. The molecule has 9 heteroatoms. The highest BCUT2D eigenvalue weighted by molar-refractivity contribution is 5.42. The van der Waals surface area contributed by atoms with Crippen LogP contribution in [-0.4, -0.2) is 19.1 Å². The van der Waals surface area contributed by atoms with Gasteiger partial charge in [-0.2, -0.15) is 5.26 Å². The Morgan fingerprint density at radius 3 is 2.52 bits per heavy atom. The fraction of sp³-hybridized carbons (Fsp3) is 0.125. The standard InChI is InChI=1S/C24H20N6O3/c1-16-3-5-17(6-4-16)15-30-22(28-23(31)29(2)24(30)32)27-19-7-9-20(10-8-19)33-21-13-18(14-25)11-12-26-21/h3-13H,15H2,1-2H3,(H,27,28,31). The van der Waals surface area contributed by atoms with Crippen molar-refractivity contribution in [2.24, 2.45) is 12.0 Å². The third-order valence-corrected chi connectivity index (χ3v) is 4.92. The van der Waals surface area contributed by atoms with Gasteiger partial charge in [-0.25, -0.2) is 24.1 Å². The van der Waals surface area contributed by atoms with Crippen molar-refractivity contribution < 1.29 is 4.74 Å². The minimum Gasteiger partial charge on any atom is -0.439 e. The summed E-state index contributed by atoms with van der Waals surface area (Å²) in [5.74, 6) is 0.798. The van der Waals surface area contributed by atoms with Crippen molar-refractivity contribution in [2.45, 2.75) is 13.5 Å². The SMILES string of the molecule is Cc1ccc(Cn2c(=O)n(C)c(=O)[nH]/c2=N\c2ccc(Oc3cc(C#N)ccn3)cc2)cc1. The van der Waals surface area contributed by atoms with Crippen LogP contribution in [0.25, 0.3) is 0 Å². The lowest BCUT2D eigenvalue weighted by molar-refractivity contribution is 0.463. The zero-order valence-corrected chi connectivity index (χ0v) is 18.0. The molecule has 0 aliphatic rings. The molecule has 0 radical (unpaired) electrons. The second-order valence-corrected chi connectivity index (χ2v) is 7.37. The molecule has 0 aliphatic carbocycles. The summed E-state index contributed by atoms with van der Waals surface area (Å²) in [4.78, 5) is 36.2. The van der Waals surface area contributed by atoms with Gasteiger partial charge >= 0.3 is 11.4 Å². The molecule has 0 saturated heterocycles. The fourth-order valence-electron chi connectivity index (χ4n) is 3.08. The number of nitrogens with zero attached hydrogens (tertiary/aromatic N) is 5. The van der Waals surface area contributed by atoms with Crippen LogP contribution in [-0.2, 0) is 13.6 Å². The predicted molar refractivity (Wildman–Crippen MR) is 121 cm³/mol. The Morgan fingerprint density at radius 2 is 1.82 bits per heavy atom. The summed E-state index contributed by atoms with van der Waals surface area (Å²) in [6, 6.07) is 19.7. The van der Waals surface area contributed by atoms with Crippen molar-refractivity contribution in [3.63, 3.8) is 0 Å². The normalized spacial score (nSPS) is 11.2. The number of nitrogens with one attached hydrogen (secondary N) is 1. The van der Waals surface area contributed by atoms with Crippen LogP contribution in [0.2, 0.25) is 0 Å². The van der Waals surface area contributed by atoms with Crippen molar-refractivity contribution in [2.75, 3.05) is 0 Å². The van der Waals surface area contributed by atoms with E-state index in [1.807, 2.05) is 37.3 Å². The summed E-state index contributed by atoms with van der Waals surface area (Å²) in [6.07, 6.45) is 1.50. The van der Waals surface area contributed by atoms with E-state index in [0.29, 0.717) is 22.9 Å². The van der Waals surface area contributed by atoms with Crippen molar-refractivity contribution >= 4 is 5.69 Å². The van der Waals surface area contributed by atoms with Crippen molar-refractivity contribution in [1.82, 2.24) is 19.1 Å². The molecule has 0 bridgehead atoms. The number of H-pyrrole nitrogens is 1. The van der Waals surface area contributed by atoms with Gasteiger partial charge in [-0.3, -0.25) is 9.55 Å². The van der Waals surface area contributed by atoms with Crippen LogP contribution in [0.3, 0.4) is 0 Å². The first kappa shape index (κ1) is 21.5. The van der Waals surface area contributed by atoms with E-state index < -0.39 is 11.4 Å². The molecule has 4 rings (SSSR count). The van der Waals surface area contributed by atoms with Gasteiger partial charge in [0.2, 0.25) is 11.5 Å². The molecule has 1 N–H and O–H groups in total. The lowest BCUT2D eigenvalue weighted by atomic mass is 10.1. The van der Waals surface area contributed by atoms with Crippen LogP contribution in [0.1, 0.15) is 16.7 Å². The first-order valence-corrected chi connectivity index (χ1v) is 10.1. The average molecular weight is 440 g/mol. The molecular weight excluding hydrogens is 420 g/mol. The van der Waals surface area contributed by atoms with Gasteiger partial charge in [0.1, 0.15) is 5.75 Å². The highest BCUT2D eigenvalue weighted by Crippen LogP contribution is 2.22. The van der Waals surface area contributed by atoms with Crippen LogP contribution in [0.4, 0.5) is 5.69 Å². The number of hydrogen-bond acceptors (Lipinski definition) is 6. The number of ether oxygens (including phenoxy) is 1. The van der Waals surface area contributed by atoms with Gasteiger partial charge < -0.3 is 4.74 Å². The third kappa shape index (κ3) is 4.97. The minimum absolute atomic E-state index is 0.140. The molecule has 0 fully saturated rings. The Kier molecular flexibility index (Phi) is 6.00. The molecule has 164 valence electrons. The van der Waals surface area contributed by atoms with Gasteiger partial charge in [-0.15, -0.1) is 0 Å². The van der Waals surface area contributed by atoms with Crippen LogP contribution >= 0.6 is 0 Å². The molecule has 0 unspecified atom stereocenters. The highest BCUT2D eigenvalue weighted by atomic mass is 16.5. The van der Waals surface area contributed by atoms with Crippen LogP contribution in [0.15, 0.2) is 81.4 Å². The van der Waals surface area contributed by atoms with Crippen molar-refractivity contribution in [1.29, 1.82) is 5.26 Å². The first-order valence-electron chi connectivity index (χ1n) is 10.1. The Labute approximate surface area is 188 Å². The summed E-state index contributed by atoms with van der Waals surface area (Å²) >= 11 is 0. The number of benzene rings is 2. The quantitative estimate of drug-likeness (QED) is 0.512. The van der Waals surface area contributed by atoms with E-state index >= 15 is 0 Å². The Morgan fingerprint density at radius 1 is 1.09 bits per heavy atom. The number of pyridine rings is 1. The highest BCUT2D eigenvalue weighted by Gasteiger charge is 2.07. The summed E-state index contributed by atoms with van der Waals surface area (Å²) < 4.78 is 8.09. The van der Waals surface area contributed by atoms with Crippen LogP contribution in [0, 0.1) is 18.3 Å². The molecule has 0 atom stereocenters. The number of nitriles is 1. The van der Waals surface area contributed by atoms with Crippen LogP contribution < -0.4 is 21.7 Å². The number of aromatic nitrogens is 4. The minimum atomic E-state index is -0.553. The second-order valence-electron chi connectivity index (χ2n) is 7.37. The number of hydrogen-bond donors (Lipinski definition) is 1. The van der Waals surface area contributed by atoms with Gasteiger partial charge in [0.05, 0.1) is 23.9 Å². The molecule has 2 aromatic heterocycles. The maximum atomic E-state index is 12.8. The van der Waals surface area contributed by atoms with Gasteiger partial charge in [-0.1, -0.05) is 29.8 Å². The zero-order chi connectivity index (χ0) is 23.4. The first-order chi connectivity index (χ1) is 15.9. The van der Waals surface area contributed by atoms with Gasteiger partial charge in [0.15, 0.2) is 0 Å². The Bertz CT molecular complexity index is 1520. The van der Waals surface area contributed by atoms with Gasteiger partial charge in [-0.05, 0) is 42.8 Å². The molecule has 9 nitrogen and oxygen atoms in total. The van der Waals surface area contributed by atoms with E-state index in [1.165, 1.54) is 23.9 Å². The number of aryl methyl sites for hydroxylation is 1. The van der Waals surface area contributed by atoms with Gasteiger partial charge in [0.25, 0.3) is 0 Å². The second kappa shape index (κ2) is 9.20. The summed E-state index contributed by atoms with van der Waals surface area (Å²) in [7, 11) is 1.41. The van der Waals surface area contributed by atoms with E-state index in [0.717, 1.165) is 15.7 Å². The molecular formula is C24H20N6O3. The van der Waals surface area contributed by atoms with Gasteiger partial charge in [0, 0.05) is 19.3 Å². The largest absolute Gasteiger partial charge is 0.439 e.